The van der Waals surface area contributed by atoms with E-state index in [9.17, 15) is 0 Å². The first-order chi connectivity index (χ1) is 9.07. The maximum Gasteiger partial charge on any atom is -0.0200 e. The molecular formula is C19H44. The van der Waals surface area contributed by atoms with Gasteiger partial charge in [-0.25, -0.2) is 0 Å². The first kappa shape index (κ1) is 31.1. The van der Waals surface area contributed by atoms with Gasteiger partial charge in [0.15, 0.2) is 0 Å². The van der Waals surface area contributed by atoms with Gasteiger partial charge in [0.25, 0.3) is 0 Å². The molecule has 19 heavy (non-hydrogen) atoms. The van der Waals surface area contributed by atoms with Gasteiger partial charge >= 0.3 is 0 Å². The maximum absolute atomic E-state index is 4.03. The molecule has 0 fully saturated rings. The zero-order chi connectivity index (χ0) is 16.9. The number of hydrogen-bond donors (Lipinski definition) is 0. The van der Waals surface area contributed by atoms with E-state index in [1.165, 1.54) is 17.6 Å². The fraction of sp³-hybridized carbons (Fsp3) is 0.789. The first-order valence-corrected chi connectivity index (χ1v) is 8.40. The molecule has 0 aliphatic heterocycles. The van der Waals surface area contributed by atoms with Crippen molar-refractivity contribution in [2.45, 2.75) is 95.4 Å². The molecule has 0 aromatic rings. The minimum atomic E-state index is 0.606. The topological polar surface area (TPSA) is 0 Å². The zero-order valence-corrected chi connectivity index (χ0v) is 16.1. The van der Waals surface area contributed by atoms with Crippen LogP contribution in [-0.4, -0.2) is 0 Å². The highest BCUT2D eigenvalue weighted by Gasteiger charge is 2.03. The van der Waals surface area contributed by atoms with E-state index in [0.717, 1.165) is 12.8 Å². The summed E-state index contributed by atoms with van der Waals surface area (Å²) < 4.78 is 0. The summed E-state index contributed by atoms with van der Waals surface area (Å²) in [6.45, 7) is 30.4. The van der Waals surface area contributed by atoms with E-state index in [1.807, 2.05) is 55.4 Å². The van der Waals surface area contributed by atoms with Gasteiger partial charge < -0.3 is 0 Å². The van der Waals surface area contributed by atoms with Crippen molar-refractivity contribution in [3.63, 3.8) is 0 Å². The zero-order valence-electron chi connectivity index (χ0n) is 16.1. The molecule has 0 saturated heterocycles. The molecule has 0 aromatic heterocycles. The van der Waals surface area contributed by atoms with Crippen molar-refractivity contribution in [3.05, 3.63) is 24.3 Å². The molecule has 0 bridgehead atoms. The molecule has 0 heterocycles. The van der Waals surface area contributed by atoms with E-state index in [-0.39, 0.29) is 0 Å². The number of allylic oxidation sites excluding steroid dienone is 2. The molecule has 1 unspecified atom stereocenters. The molecule has 0 N–H and O–H groups in total. The molecule has 0 saturated carbocycles. The highest BCUT2D eigenvalue weighted by atomic mass is 14.1. The normalized spacial score (nSPS) is 8.58. The van der Waals surface area contributed by atoms with Crippen LogP contribution in [0.2, 0.25) is 0 Å². The van der Waals surface area contributed by atoms with Crippen LogP contribution in [-0.2, 0) is 0 Å². The fourth-order valence-electron chi connectivity index (χ4n) is 1.06. The van der Waals surface area contributed by atoms with Crippen LogP contribution < -0.4 is 0 Å². The average molecular weight is 273 g/mol. The van der Waals surface area contributed by atoms with Crippen molar-refractivity contribution in [1.29, 1.82) is 0 Å². The lowest BCUT2D eigenvalue weighted by molar-refractivity contribution is 0.652. The van der Waals surface area contributed by atoms with Crippen molar-refractivity contribution in [2.24, 2.45) is 5.92 Å². The number of hydrogen-bond acceptors (Lipinski definition) is 0. The summed E-state index contributed by atoms with van der Waals surface area (Å²) in [6.07, 6.45) is 3.49. The maximum atomic E-state index is 4.03. The summed E-state index contributed by atoms with van der Waals surface area (Å²) in [4.78, 5) is 0. The third-order valence-electron chi connectivity index (χ3n) is 2.04. The van der Waals surface area contributed by atoms with Crippen molar-refractivity contribution in [1.82, 2.24) is 0 Å². The van der Waals surface area contributed by atoms with Crippen LogP contribution in [0.4, 0.5) is 0 Å². The van der Waals surface area contributed by atoms with E-state index >= 15 is 0 Å². The lowest BCUT2D eigenvalue weighted by Crippen LogP contribution is -1.96. The van der Waals surface area contributed by atoms with Crippen LogP contribution in [0.25, 0.3) is 0 Å². The third-order valence-corrected chi connectivity index (χ3v) is 2.04. The van der Waals surface area contributed by atoms with Gasteiger partial charge in [-0.2, -0.15) is 0 Å². The van der Waals surface area contributed by atoms with Crippen molar-refractivity contribution in [3.8, 4) is 0 Å². The second kappa shape index (κ2) is 36.0. The Balaban J connectivity index is -0.0000000693. The standard InChI is InChI=1S/C11H20.4C2H6/c1-6-7-10(4)8-11(5)9(2)3;4*1-2/h11H,2,4,6-8H2,1,3,5H3;4*1-2H3. The van der Waals surface area contributed by atoms with E-state index in [2.05, 4.69) is 33.9 Å². The van der Waals surface area contributed by atoms with Gasteiger partial charge in [-0.15, -0.1) is 0 Å². The molecule has 0 aliphatic rings. The molecule has 0 aromatic carbocycles. The number of rotatable bonds is 5. The SMILES string of the molecule is C=C(CCC)CC(C)C(=C)C.CC.CC.CC.CC. The van der Waals surface area contributed by atoms with Crippen LogP contribution in [0.15, 0.2) is 24.3 Å². The van der Waals surface area contributed by atoms with Crippen molar-refractivity contribution in [2.75, 3.05) is 0 Å². The molecule has 0 radical (unpaired) electrons. The summed E-state index contributed by atoms with van der Waals surface area (Å²) in [5.74, 6) is 0.606. The molecule has 120 valence electrons. The Morgan fingerprint density at radius 1 is 0.842 bits per heavy atom. The molecule has 0 nitrogen and oxygen atoms in total. The molecule has 0 heteroatoms. The van der Waals surface area contributed by atoms with Gasteiger partial charge in [-0.1, -0.05) is 100.0 Å². The smallest absolute Gasteiger partial charge is 0.0200 e. The minimum absolute atomic E-state index is 0.606. The van der Waals surface area contributed by atoms with Crippen molar-refractivity contribution >= 4 is 0 Å². The third kappa shape index (κ3) is 38.1. The Labute approximate surface area is 126 Å². The highest BCUT2D eigenvalue weighted by molar-refractivity contribution is 5.03. The van der Waals surface area contributed by atoms with E-state index in [0.29, 0.717) is 5.92 Å². The largest absolute Gasteiger partial charge is 0.0999 e. The second-order valence-electron chi connectivity index (χ2n) is 3.45. The van der Waals surface area contributed by atoms with Gasteiger partial charge in [0.05, 0.1) is 0 Å². The molecule has 1 atom stereocenters. The first-order valence-electron chi connectivity index (χ1n) is 8.40. The average Bonchev–Trinajstić information content (AvgIpc) is 2.47. The summed E-state index contributed by atoms with van der Waals surface area (Å²) in [6, 6.07) is 0. The Bertz CT molecular complexity index is 142. The molecule has 0 spiro atoms. The summed E-state index contributed by atoms with van der Waals surface area (Å²) >= 11 is 0. The summed E-state index contributed by atoms with van der Waals surface area (Å²) in [5, 5.41) is 0. The van der Waals surface area contributed by atoms with Crippen LogP contribution in [0.5, 0.6) is 0 Å². The van der Waals surface area contributed by atoms with Crippen LogP contribution in [0.3, 0.4) is 0 Å². The molecule has 0 rings (SSSR count). The molecule has 0 aliphatic carbocycles. The van der Waals surface area contributed by atoms with E-state index in [1.54, 1.807) is 0 Å². The van der Waals surface area contributed by atoms with Crippen LogP contribution in [0.1, 0.15) is 95.4 Å². The van der Waals surface area contributed by atoms with E-state index < -0.39 is 0 Å². The Hall–Kier alpha value is -0.520. The molecular weight excluding hydrogens is 228 g/mol. The lowest BCUT2D eigenvalue weighted by atomic mass is 9.94. The Morgan fingerprint density at radius 3 is 1.37 bits per heavy atom. The van der Waals surface area contributed by atoms with Gasteiger partial charge in [0.2, 0.25) is 0 Å². The van der Waals surface area contributed by atoms with Crippen LogP contribution in [0, 0.1) is 5.92 Å². The van der Waals surface area contributed by atoms with Gasteiger partial charge in [0, 0.05) is 0 Å². The predicted molar refractivity (Wildman–Crippen MR) is 98.0 cm³/mol. The Kier molecular flexibility index (Phi) is 58.9. The highest BCUT2D eigenvalue weighted by Crippen LogP contribution is 2.19. The second-order valence-corrected chi connectivity index (χ2v) is 3.45. The Morgan fingerprint density at radius 2 is 1.16 bits per heavy atom. The predicted octanol–water partition coefficient (Wildman–Crippen LogP) is 8.05. The lowest BCUT2D eigenvalue weighted by Gasteiger charge is -2.12. The molecule has 0 amide bonds. The van der Waals surface area contributed by atoms with Gasteiger partial charge in [-0.3, -0.25) is 0 Å². The quantitative estimate of drug-likeness (QED) is 0.444. The van der Waals surface area contributed by atoms with Gasteiger partial charge in [-0.05, 0) is 25.7 Å². The van der Waals surface area contributed by atoms with E-state index in [4.69, 9.17) is 0 Å². The monoisotopic (exact) mass is 272 g/mol. The van der Waals surface area contributed by atoms with Gasteiger partial charge in [0.1, 0.15) is 0 Å². The fourth-order valence-corrected chi connectivity index (χ4v) is 1.06. The summed E-state index contributed by atoms with van der Waals surface area (Å²) in [5.41, 5.74) is 2.63. The summed E-state index contributed by atoms with van der Waals surface area (Å²) in [7, 11) is 0. The minimum Gasteiger partial charge on any atom is -0.0999 e. The van der Waals surface area contributed by atoms with Crippen molar-refractivity contribution < 1.29 is 0 Å². The van der Waals surface area contributed by atoms with Crippen LogP contribution >= 0.6 is 0 Å².